The molecule has 80 valence electrons. The zero-order valence-electron chi connectivity index (χ0n) is 8.15. The topological polar surface area (TPSA) is 64.8 Å². The second kappa shape index (κ2) is 4.25. The number of carbonyl (C=O) groups excluding carboxylic acids is 1. The quantitative estimate of drug-likeness (QED) is 0.622. The highest BCUT2D eigenvalue weighted by molar-refractivity contribution is 5.79. The molecule has 1 amide bonds. The summed E-state index contributed by atoms with van der Waals surface area (Å²) in [4.78, 5) is 13.5. The summed E-state index contributed by atoms with van der Waals surface area (Å²) in [5, 5.41) is 0. The predicted octanol–water partition coefficient (Wildman–Crippen LogP) is -0.976. The van der Waals surface area contributed by atoms with Crippen LogP contribution in [0.4, 0.5) is 0 Å². The van der Waals surface area contributed by atoms with E-state index in [2.05, 4.69) is 0 Å². The van der Waals surface area contributed by atoms with E-state index in [0.29, 0.717) is 33.1 Å². The van der Waals surface area contributed by atoms with Crippen molar-refractivity contribution in [3.8, 4) is 0 Å². The van der Waals surface area contributed by atoms with Gasteiger partial charge in [-0.15, -0.1) is 0 Å². The molecule has 2 fully saturated rings. The minimum atomic E-state index is 0.0510. The van der Waals surface area contributed by atoms with Gasteiger partial charge in [0.2, 0.25) is 5.91 Å². The highest BCUT2D eigenvalue weighted by Crippen LogP contribution is 2.17. The van der Waals surface area contributed by atoms with Gasteiger partial charge in [-0.25, -0.2) is 0 Å². The third-order valence-corrected chi connectivity index (χ3v) is 2.71. The summed E-state index contributed by atoms with van der Waals surface area (Å²) in [6.45, 7) is 3.50. The molecule has 1 atom stereocenters. The Kier molecular flexibility index (Phi) is 3.00. The Balaban J connectivity index is 1.86. The van der Waals surface area contributed by atoms with E-state index in [4.69, 9.17) is 15.2 Å². The van der Waals surface area contributed by atoms with Crippen LogP contribution in [0.1, 0.15) is 0 Å². The number of rotatable bonds is 2. The highest BCUT2D eigenvalue weighted by atomic mass is 16.5. The Morgan fingerprint density at radius 2 is 2.14 bits per heavy atom. The average Bonchev–Trinajstić information content (AvgIpc) is 2.15. The normalized spacial score (nSPS) is 28.6. The van der Waals surface area contributed by atoms with Gasteiger partial charge in [0.15, 0.2) is 0 Å². The van der Waals surface area contributed by atoms with Gasteiger partial charge in [0.1, 0.15) is 6.73 Å². The van der Waals surface area contributed by atoms with E-state index >= 15 is 0 Å². The maximum Gasteiger partial charge on any atom is 0.232 e. The summed E-state index contributed by atoms with van der Waals surface area (Å²) in [6.07, 6.45) is 0. The summed E-state index contributed by atoms with van der Waals surface area (Å²) in [5.74, 6) is 0.484. The van der Waals surface area contributed by atoms with Crippen LogP contribution in [0.15, 0.2) is 0 Å². The Labute approximate surface area is 83.1 Å². The number of amides is 1. The molecule has 14 heavy (non-hydrogen) atoms. The van der Waals surface area contributed by atoms with Crippen molar-refractivity contribution in [3.05, 3.63) is 0 Å². The molecule has 0 spiro atoms. The molecule has 0 radical (unpaired) electrons. The molecule has 2 aliphatic rings. The van der Waals surface area contributed by atoms with Crippen molar-refractivity contribution in [2.75, 3.05) is 39.6 Å². The number of hydrogen-bond donors (Lipinski definition) is 1. The monoisotopic (exact) mass is 200 g/mol. The largest absolute Gasteiger partial charge is 0.380 e. The molecule has 0 aromatic rings. The van der Waals surface area contributed by atoms with Crippen LogP contribution in [-0.2, 0) is 14.3 Å². The second-order valence-electron chi connectivity index (χ2n) is 3.90. The molecule has 1 unspecified atom stereocenters. The van der Waals surface area contributed by atoms with Crippen molar-refractivity contribution < 1.29 is 14.3 Å². The molecular formula is C9H16N2O3. The fourth-order valence-corrected chi connectivity index (χ4v) is 1.68. The van der Waals surface area contributed by atoms with Crippen LogP contribution in [0.5, 0.6) is 0 Å². The SMILES string of the molecule is NCC1COCN(C(=O)C2COC2)C1. The summed E-state index contributed by atoms with van der Waals surface area (Å²) < 4.78 is 10.3. The van der Waals surface area contributed by atoms with E-state index in [1.807, 2.05) is 0 Å². The first-order chi connectivity index (χ1) is 6.81. The lowest BCUT2D eigenvalue weighted by atomic mass is 10.0. The van der Waals surface area contributed by atoms with Gasteiger partial charge >= 0.3 is 0 Å². The molecule has 2 aliphatic heterocycles. The molecule has 0 bridgehead atoms. The number of nitrogens with zero attached hydrogens (tertiary/aromatic N) is 1. The lowest BCUT2D eigenvalue weighted by molar-refractivity contribution is -0.161. The Hall–Kier alpha value is -0.650. The van der Waals surface area contributed by atoms with Crippen molar-refractivity contribution in [3.63, 3.8) is 0 Å². The molecule has 0 aromatic carbocycles. The smallest absolute Gasteiger partial charge is 0.232 e. The first kappa shape index (κ1) is 9.89. The van der Waals surface area contributed by atoms with Crippen LogP contribution in [-0.4, -0.2) is 50.4 Å². The molecule has 2 rings (SSSR count). The van der Waals surface area contributed by atoms with Crippen molar-refractivity contribution in [1.29, 1.82) is 0 Å². The van der Waals surface area contributed by atoms with E-state index in [1.165, 1.54) is 0 Å². The van der Waals surface area contributed by atoms with Gasteiger partial charge in [-0.2, -0.15) is 0 Å². The van der Waals surface area contributed by atoms with Crippen LogP contribution in [0.3, 0.4) is 0 Å². The number of ether oxygens (including phenoxy) is 2. The molecule has 0 aromatic heterocycles. The summed E-state index contributed by atoms with van der Waals surface area (Å²) in [7, 11) is 0. The molecule has 2 N–H and O–H groups in total. The van der Waals surface area contributed by atoms with Crippen molar-refractivity contribution in [2.24, 2.45) is 17.6 Å². The van der Waals surface area contributed by atoms with Crippen LogP contribution in [0.2, 0.25) is 0 Å². The molecule has 2 saturated heterocycles. The maximum absolute atomic E-state index is 11.8. The van der Waals surface area contributed by atoms with E-state index in [9.17, 15) is 4.79 Å². The van der Waals surface area contributed by atoms with Gasteiger partial charge in [-0.3, -0.25) is 4.79 Å². The minimum Gasteiger partial charge on any atom is -0.380 e. The third kappa shape index (κ3) is 1.89. The van der Waals surface area contributed by atoms with Gasteiger partial charge in [-0.1, -0.05) is 0 Å². The van der Waals surface area contributed by atoms with E-state index in [-0.39, 0.29) is 17.7 Å². The molecular weight excluding hydrogens is 184 g/mol. The van der Waals surface area contributed by atoms with Gasteiger partial charge in [0, 0.05) is 12.5 Å². The Morgan fingerprint density at radius 1 is 1.36 bits per heavy atom. The lowest BCUT2D eigenvalue weighted by Gasteiger charge is -2.36. The zero-order chi connectivity index (χ0) is 9.97. The minimum absolute atomic E-state index is 0.0510. The van der Waals surface area contributed by atoms with E-state index < -0.39 is 0 Å². The molecule has 0 saturated carbocycles. The van der Waals surface area contributed by atoms with Gasteiger partial charge in [0.25, 0.3) is 0 Å². The molecule has 5 nitrogen and oxygen atoms in total. The molecule has 5 heteroatoms. The summed E-state index contributed by atoms with van der Waals surface area (Å²) in [5.41, 5.74) is 5.55. The van der Waals surface area contributed by atoms with Crippen molar-refractivity contribution in [2.45, 2.75) is 0 Å². The molecule has 0 aliphatic carbocycles. The Morgan fingerprint density at radius 3 is 2.71 bits per heavy atom. The summed E-state index contributed by atoms with van der Waals surface area (Å²) in [6, 6.07) is 0. The maximum atomic E-state index is 11.8. The fraction of sp³-hybridized carbons (Fsp3) is 0.889. The van der Waals surface area contributed by atoms with Crippen LogP contribution in [0, 0.1) is 11.8 Å². The zero-order valence-corrected chi connectivity index (χ0v) is 8.15. The standard InChI is InChI=1S/C9H16N2O3/c10-1-7-2-11(6-14-3-7)9(12)8-4-13-5-8/h7-8H,1-6,10H2. The van der Waals surface area contributed by atoms with E-state index in [1.54, 1.807) is 4.90 Å². The van der Waals surface area contributed by atoms with Gasteiger partial charge < -0.3 is 20.1 Å². The van der Waals surface area contributed by atoms with Crippen molar-refractivity contribution >= 4 is 5.91 Å². The van der Waals surface area contributed by atoms with Crippen LogP contribution in [0.25, 0.3) is 0 Å². The molecule has 2 heterocycles. The van der Waals surface area contributed by atoms with Crippen molar-refractivity contribution in [1.82, 2.24) is 4.90 Å². The van der Waals surface area contributed by atoms with Crippen LogP contribution >= 0.6 is 0 Å². The summed E-state index contributed by atoms with van der Waals surface area (Å²) >= 11 is 0. The number of nitrogens with two attached hydrogens (primary N) is 1. The number of carbonyl (C=O) groups is 1. The van der Waals surface area contributed by atoms with Crippen LogP contribution < -0.4 is 5.73 Å². The average molecular weight is 200 g/mol. The Bertz CT molecular complexity index is 218. The van der Waals surface area contributed by atoms with Gasteiger partial charge in [0.05, 0.1) is 25.7 Å². The fourth-order valence-electron chi connectivity index (χ4n) is 1.68. The lowest BCUT2D eigenvalue weighted by Crippen LogP contribution is -2.51. The van der Waals surface area contributed by atoms with Gasteiger partial charge in [-0.05, 0) is 6.54 Å². The third-order valence-electron chi connectivity index (χ3n) is 2.71. The first-order valence-electron chi connectivity index (χ1n) is 4.95. The number of hydrogen-bond acceptors (Lipinski definition) is 4. The first-order valence-corrected chi connectivity index (χ1v) is 4.95. The highest BCUT2D eigenvalue weighted by Gasteiger charge is 2.33. The second-order valence-corrected chi connectivity index (χ2v) is 3.90. The van der Waals surface area contributed by atoms with E-state index in [0.717, 1.165) is 6.54 Å². The predicted molar refractivity (Wildman–Crippen MR) is 49.4 cm³/mol.